The molecule has 2 heterocycles. The molecule has 0 spiro atoms. The van der Waals surface area contributed by atoms with E-state index in [1.54, 1.807) is 26.0 Å². The summed E-state index contributed by atoms with van der Waals surface area (Å²) < 4.78 is 12.7. The maximum Gasteiger partial charge on any atom is 0.326 e. The number of halogens is 1. The molecule has 3 amide bonds. The molecule has 0 saturated carbocycles. The number of carboxylic acid groups (broad SMARTS) is 1. The average molecular weight is 629 g/mol. The number of nitrogens with two attached hydrogens (primary N) is 2. The van der Waals surface area contributed by atoms with Crippen LogP contribution < -0.4 is 22.1 Å². The minimum Gasteiger partial charge on any atom is -0.480 e. The lowest BCUT2D eigenvalue weighted by Gasteiger charge is -2.25. The van der Waals surface area contributed by atoms with Gasteiger partial charge in [0, 0.05) is 36.8 Å². The van der Waals surface area contributed by atoms with E-state index in [4.69, 9.17) is 21.7 Å². The SMILES string of the molecule is CCC(NC(=O)C1CCCN1C(=O)CNC(=O)C(N)Cc1cccc(CN)c1)C(=O)O.CCO.Cc1c[nH]c2ccc(F)cc12. The van der Waals surface area contributed by atoms with Gasteiger partial charge in [0.25, 0.3) is 0 Å². The highest BCUT2D eigenvalue weighted by Crippen LogP contribution is 2.19. The number of carboxylic acids is 1. The Morgan fingerprint density at radius 3 is 2.47 bits per heavy atom. The number of aromatic amines is 1. The number of nitrogens with zero attached hydrogens (tertiary/aromatic N) is 1. The van der Waals surface area contributed by atoms with Crippen LogP contribution >= 0.6 is 0 Å². The van der Waals surface area contributed by atoms with Crippen molar-refractivity contribution in [3.05, 3.63) is 71.2 Å². The zero-order chi connectivity index (χ0) is 33.5. The quantitative estimate of drug-likeness (QED) is 0.176. The van der Waals surface area contributed by atoms with Crippen LogP contribution in [0.1, 0.15) is 49.8 Å². The third kappa shape index (κ3) is 11.3. The summed E-state index contributed by atoms with van der Waals surface area (Å²) >= 11 is 0. The van der Waals surface area contributed by atoms with E-state index in [0.29, 0.717) is 32.4 Å². The van der Waals surface area contributed by atoms with E-state index in [-0.39, 0.29) is 25.4 Å². The first-order valence-corrected chi connectivity index (χ1v) is 14.9. The molecule has 3 atom stereocenters. The topological polar surface area (TPSA) is 204 Å². The Morgan fingerprint density at radius 2 is 1.82 bits per heavy atom. The maximum absolute atomic E-state index is 12.7. The molecule has 0 radical (unpaired) electrons. The zero-order valence-corrected chi connectivity index (χ0v) is 26.0. The Kier molecular flexibility index (Phi) is 15.1. The number of rotatable bonds is 10. The average Bonchev–Trinajstić information content (AvgIpc) is 3.66. The number of amides is 3. The highest BCUT2D eigenvalue weighted by atomic mass is 19.1. The van der Waals surface area contributed by atoms with Crippen LogP contribution in [0.5, 0.6) is 0 Å². The second kappa shape index (κ2) is 18.5. The van der Waals surface area contributed by atoms with Crippen LogP contribution in [-0.4, -0.2) is 81.6 Å². The fourth-order valence-corrected chi connectivity index (χ4v) is 4.80. The standard InChI is InChI=1S/C21H31N5O5.C9H8FN.C2H6O/c1-2-16(21(30)31)25-20(29)17-7-4-8-26(17)18(27)12-24-19(28)15(23)10-13-5-3-6-14(9-13)11-22;1-6-5-11-9-3-2-7(10)4-8(6)9;1-2-3/h3,5-6,9,15-17H,2,4,7-8,10-12,22-23H2,1H3,(H,24,28)(H,25,29)(H,30,31);2-5,11H,1H3;3H,2H2,1H3. The Balaban J connectivity index is 0.000000412. The normalized spacial score (nSPS) is 15.2. The molecule has 3 unspecified atom stereocenters. The second-order valence-electron chi connectivity index (χ2n) is 10.6. The van der Waals surface area contributed by atoms with Gasteiger partial charge < -0.3 is 42.2 Å². The van der Waals surface area contributed by atoms with Gasteiger partial charge in [-0.05, 0) is 74.4 Å². The molecular formula is C32H45FN6O6. The van der Waals surface area contributed by atoms with Crippen LogP contribution in [0.2, 0.25) is 0 Å². The number of aryl methyl sites for hydroxylation is 1. The lowest BCUT2D eigenvalue weighted by Crippen LogP contribution is -2.53. The Morgan fingerprint density at radius 1 is 1.13 bits per heavy atom. The van der Waals surface area contributed by atoms with Crippen molar-refractivity contribution < 1.29 is 33.8 Å². The van der Waals surface area contributed by atoms with Gasteiger partial charge >= 0.3 is 5.97 Å². The smallest absolute Gasteiger partial charge is 0.326 e. The molecule has 0 aliphatic carbocycles. The summed E-state index contributed by atoms with van der Waals surface area (Å²) in [5, 5.41) is 22.6. The van der Waals surface area contributed by atoms with Crippen molar-refractivity contribution >= 4 is 34.6 Å². The van der Waals surface area contributed by atoms with Gasteiger partial charge in [0.2, 0.25) is 17.7 Å². The lowest BCUT2D eigenvalue weighted by molar-refractivity contribution is -0.144. The molecule has 12 nitrogen and oxygen atoms in total. The highest BCUT2D eigenvalue weighted by molar-refractivity contribution is 5.93. The van der Waals surface area contributed by atoms with Crippen LogP contribution in [0, 0.1) is 12.7 Å². The number of likely N-dealkylation sites (tertiary alicyclic amines) is 1. The molecule has 2 aromatic carbocycles. The summed E-state index contributed by atoms with van der Waals surface area (Å²) in [6.07, 6.45) is 3.49. The second-order valence-corrected chi connectivity index (χ2v) is 10.6. The number of aliphatic carboxylic acids is 1. The fourth-order valence-electron chi connectivity index (χ4n) is 4.80. The van der Waals surface area contributed by atoms with E-state index in [0.717, 1.165) is 27.6 Å². The molecule has 1 saturated heterocycles. The van der Waals surface area contributed by atoms with E-state index in [1.165, 1.54) is 11.0 Å². The zero-order valence-electron chi connectivity index (χ0n) is 26.0. The summed E-state index contributed by atoms with van der Waals surface area (Å²) in [6, 6.07) is 9.63. The van der Waals surface area contributed by atoms with Gasteiger partial charge in [-0.3, -0.25) is 14.4 Å². The van der Waals surface area contributed by atoms with Crippen LogP contribution in [0.15, 0.2) is 48.7 Å². The predicted octanol–water partition coefficient (Wildman–Crippen LogP) is 1.72. The number of aliphatic hydroxyl groups excluding tert-OH is 1. The molecule has 1 aromatic heterocycles. The Labute approximate surface area is 262 Å². The Bertz CT molecular complexity index is 1430. The number of H-pyrrole nitrogens is 1. The van der Waals surface area contributed by atoms with E-state index in [2.05, 4.69) is 15.6 Å². The first-order valence-electron chi connectivity index (χ1n) is 14.9. The molecule has 45 heavy (non-hydrogen) atoms. The molecule has 1 aliphatic heterocycles. The number of fused-ring (bicyclic) bond motifs is 1. The van der Waals surface area contributed by atoms with Gasteiger partial charge in [0.1, 0.15) is 17.9 Å². The summed E-state index contributed by atoms with van der Waals surface area (Å²) in [6.45, 7) is 6.02. The molecular weight excluding hydrogens is 583 g/mol. The minimum absolute atomic E-state index is 0.180. The number of hydrogen-bond donors (Lipinski definition) is 7. The number of hydrogen-bond acceptors (Lipinski definition) is 7. The Hall–Kier alpha value is -4.33. The molecule has 0 bridgehead atoms. The monoisotopic (exact) mass is 628 g/mol. The van der Waals surface area contributed by atoms with E-state index >= 15 is 0 Å². The summed E-state index contributed by atoms with van der Waals surface area (Å²) in [5.74, 6) is -2.68. The number of carbonyl (C=O) groups is 4. The first kappa shape index (κ1) is 36.9. The van der Waals surface area contributed by atoms with Crippen molar-refractivity contribution in [2.75, 3.05) is 19.7 Å². The molecule has 246 valence electrons. The number of nitrogens with one attached hydrogen (secondary N) is 3. The van der Waals surface area contributed by atoms with E-state index < -0.39 is 41.8 Å². The molecule has 13 heteroatoms. The highest BCUT2D eigenvalue weighted by Gasteiger charge is 2.35. The van der Waals surface area contributed by atoms with Crippen LogP contribution in [0.4, 0.5) is 4.39 Å². The van der Waals surface area contributed by atoms with Crippen molar-refractivity contribution in [2.45, 2.75) is 71.1 Å². The van der Waals surface area contributed by atoms with Crippen LogP contribution in [0.25, 0.3) is 10.9 Å². The first-order chi connectivity index (χ1) is 21.4. The van der Waals surface area contributed by atoms with Gasteiger partial charge in [-0.15, -0.1) is 0 Å². The lowest BCUT2D eigenvalue weighted by atomic mass is 10.0. The third-order valence-corrected chi connectivity index (χ3v) is 7.18. The molecule has 1 aliphatic rings. The summed E-state index contributed by atoms with van der Waals surface area (Å²) in [7, 11) is 0. The molecule has 9 N–H and O–H groups in total. The number of carbonyl (C=O) groups excluding carboxylic acids is 3. The van der Waals surface area contributed by atoms with Crippen LogP contribution in [-0.2, 0) is 32.1 Å². The van der Waals surface area contributed by atoms with Gasteiger partial charge in [-0.25, -0.2) is 9.18 Å². The number of aromatic nitrogens is 1. The fraction of sp³-hybridized carbons (Fsp3) is 0.438. The molecule has 1 fully saturated rings. The van der Waals surface area contributed by atoms with Crippen molar-refractivity contribution in [3.63, 3.8) is 0 Å². The van der Waals surface area contributed by atoms with Crippen LogP contribution in [0.3, 0.4) is 0 Å². The van der Waals surface area contributed by atoms with Crippen molar-refractivity contribution in [2.24, 2.45) is 11.5 Å². The largest absolute Gasteiger partial charge is 0.480 e. The van der Waals surface area contributed by atoms with Crippen molar-refractivity contribution in [1.29, 1.82) is 0 Å². The summed E-state index contributed by atoms with van der Waals surface area (Å²) in [5.41, 5.74) is 15.5. The van der Waals surface area contributed by atoms with E-state index in [1.807, 2.05) is 37.4 Å². The third-order valence-electron chi connectivity index (χ3n) is 7.18. The number of aliphatic hydroxyl groups is 1. The minimum atomic E-state index is -1.12. The van der Waals surface area contributed by atoms with Crippen molar-refractivity contribution in [1.82, 2.24) is 20.5 Å². The number of benzene rings is 2. The van der Waals surface area contributed by atoms with Gasteiger partial charge in [-0.1, -0.05) is 31.2 Å². The van der Waals surface area contributed by atoms with Gasteiger partial charge in [0.15, 0.2) is 0 Å². The van der Waals surface area contributed by atoms with Gasteiger partial charge in [-0.2, -0.15) is 0 Å². The molecule has 3 aromatic rings. The molecule has 4 rings (SSSR count). The van der Waals surface area contributed by atoms with Gasteiger partial charge in [0.05, 0.1) is 12.6 Å². The van der Waals surface area contributed by atoms with E-state index in [9.17, 15) is 23.6 Å². The maximum atomic E-state index is 12.7. The van der Waals surface area contributed by atoms with Crippen molar-refractivity contribution in [3.8, 4) is 0 Å². The predicted molar refractivity (Wildman–Crippen MR) is 169 cm³/mol. The summed E-state index contributed by atoms with van der Waals surface area (Å²) in [4.78, 5) is 52.9.